The molecule has 119 valence electrons. The van der Waals surface area contributed by atoms with E-state index >= 15 is 0 Å². The SMILES string of the molecule is NCc1ccc(-c2cc[c]c(C(=O)Nc3ccc(Cl)cn3)c2)cc1. The minimum Gasteiger partial charge on any atom is -0.326 e. The number of halogens is 1. The van der Waals surface area contributed by atoms with Crippen LogP contribution in [0.1, 0.15) is 15.9 Å². The van der Waals surface area contributed by atoms with Crippen molar-refractivity contribution in [1.82, 2.24) is 4.98 Å². The van der Waals surface area contributed by atoms with Crippen molar-refractivity contribution in [2.24, 2.45) is 5.73 Å². The van der Waals surface area contributed by atoms with E-state index in [1.54, 1.807) is 24.3 Å². The van der Waals surface area contributed by atoms with Gasteiger partial charge in [-0.1, -0.05) is 48.0 Å². The highest BCUT2D eigenvalue weighted by Crippen LogP contribution is 2.21. The molecule has 0 fully saturated rings. The molecule has 0 bridgehead atoms. The van der Waals surface area contributed by atoms with Crippen molar-refractivity contribution in [2.45, 2.75) is 6.54 Å². The van der Waals surface area contributed by atoms with Crippen molar-refractivity contribution in [1.29, 1.82) is 0 Å². The Balaban J connectivity index is 1.81. The van der Waals surface area contributed by atoms with Crippen molar-refractivity contribution in [3.63, 3.8) is 0 Å². The predicted molar refractivity (Wildman–Crippen MR) is 95.8 cm³/mol. The van der Waals surface area contributed by atoms with Gasteiger partial charge < -0.3 is 11.1 Å². The summed E-state index contributed by atoms with van der Waals surface area (Å²) in [6.07, 6.45) is 1.48. The molecule has 3 rings (SSSR count). The summed E-state index contributed by atoms with van der Waals surface area (Å²) in [5.74, 6) is 0.167. The highest BCUT2D eigenvalue weighted by atomic mass is 35.5. The van der Waals surface area contributed by atoms with E-state index in [1.807, 2.05) is 30.3 Å². The lowest BCUT2D eigenvalue weighted by Gasteiger charge is -2.07. The zero-order chi connectivity index (χ0) is 16.9. The second kappa shape index (κ2) is 7.25. The minimum atomic E-state index is -0.273. The third-order valence-electron chi connectivity index (χ3n) is 3.54. The Morgan fingerprint density at radius 1 is 1.12 bits per heavy atom. The fourth-order valence-electron chi connectivity index (χ4n) is 2.24. The lowest BCUT2D eigenvalue weighted by Crippen LogP contribution is -2.13. The molecule has 1 aromatic heterocycles. The van der Waals surface area contributed by atoms with Crippen molar-refractivity contribution >= 4 is 23.3 Å². The Morgan fingerprint density at radius 3 is 2.58 bits per heavy atom. The summed E-state index contributed by atoms with van der Waals surface area (Å²) in [5.41, 5.74) is 9.06. The first-order valence-electron chi connectivity index (χ1n) is 7.40. The molecule has 1 amide bonds. The monoisotopic (exact) mass is 336 g/mol. The van der Waals surface area contributed by atoms with Gasteiger partial charge in [-0.15, -0.1) is 0 Å². The molecule has 1 radical (unpaired) electrons. The molecule has 3 aromatic rings. The average Bonchev–Trinajstić information content (AvgIpc) is 2.64. The molecular formula is C19H15ClN3O. The van der Waals surface area contributed by atoms with Crippen LogP contribution in [0.3, 0.4) is 0 Å². The molecule has 3 N–H and O–H groups in total. The fraction of sp³-hybridized carbons (Fsp3) is 0.0526. The molecule has 0 spiro atoms. The summed E-state index contributed by atoms with van der Waals surface area (Å²) in [6, 6.07) is 19.6. The van der Waals surface area contributed by atoms with Gasteiger partial charge in [0.2, 0.25) is 0 Å². The highest BCUT2D eigenvalue weighted by molar-refractivity contribution is 6.30. The molecule has 4 nitrogen and oxygen atoms in total. The highest BCUT2D eigenvalue weighted by Gasteiger charge is 2.09. The van der Waals surface area contributed by atoms with Crippen LogP contribution in [0.4, 0.5) is 5.82 Å². The molecule has 1 heterocycles. The third-order valence-corrected chi connectivity index (χ3v) is 3.76. The van der Waals surface area contributed by atoms with Gasteiger partial charge in [-0.25, -0.2) is 4.98 Å². The maximum Gasteiger partial charge on any atom is 0.257 e. The van der Waals surface area contributed by atoms with Gasteiger partial charge in [-0.3, -0.25) is 4.79 Å². The number of carbonyl (C=O) groups is 1. The number of nitrogens with zero attached hydrogens (tertiary/aromatic N) is 1. The van der Waals surface area contributed by atoms with Gasteiger partial charge in [0.1, 0.15) is 5.82 Å². The molecule has 0 saturated carbocycles. The number of nitrogens with two attached hydrogens (primary N) is 1. The molecule has 2 aromatic carbocycles. The second-order valence-electron chi connectivity index (χ2n) is 5.21. The van der Waals surface area contributed by atoms with Crippen LogP contribution in [0.25, 0.3) is 11.1 Å². The number of hydrogen-bond donors (Lipinski definition) is 2. The lowest BCUT2D eigenvalue weighted by atomic mass is 10.0. The predicted octanol–water partition coefficient (Wildman–Crippen LogP) is 3.91. The molecular weight excluding hydrogens is 322 g/mol. The Kier molecular flexibility index (Phi) is 4.89. The van der Waals surface area contributed by atoms with E-state index in [-0.39, 0.29) is 5.91 Å². The van der Waals surface area contributed by atoms with E-state index < -0.39 is 0 Å². The third kappa shape index (κ3) is 3.79. The van der Waals surface area contributed by atoms with Crippen LogP contribution in [0.2, 0.25) is 5.02 Å². The second-order valence-corrected chi connectivity index (χ2v) is 5.64. The molecule has 0 aliphatic carbocycles. The van der Waals surface area contributed by atoms with Crippen LogP contribution in [0.15, 0.2) is 60.8 Å². The number of hydrogen-bond acceptors (Lipinski definition) is 3. The van der Waals surface area contributed by atoms with Gasteiger partial charge >= 0.3 is 0 Å². The van der Waals surface area contributed by atoms with Crippen LogP contribution < -0.4 is 11.1 Å². The number of aromatic nitrogens is 1. The lowest BCUT2D eigenvalue weighted by molar-refractivity contribution is 0.102. The number of benzene rings is 2. The number of pyridine rings is 1. The van der Waals surface area contributed by atoms with Crippen LogP contribution >= 0.6 is 11.6 Å². The Morgan fingerprint density at radius 2 is 1.92 bits per heavy atom. The number of rotatable bonds is 4. The zero-order valence-electron chi connectivity index (χ0n) is 12.8. The first kappa shape index (κ1) is 16.2. The summed E-state index contributed by atoms with van der Waals surface area (Å²) in [7, 11) is 0. The Labute approximate surface area is 145 Å². The zero-order valence-corrected chi connectivity index (χ0v) is 13.5. The Bertz CT molecular complexity index is 845. The van der Waals surface area contributed by atoms with E-state index in [0.717, 1.165) is 16.7 Å². The Hall–Kier alpha value is -2.69. The molecule has 0 unspecified atom stereocenters. The van der Waals surface area contributed by atoms with Crippen LogP contribution in [0.5, 0.6) is 0 Å². The van der Waals surface area contributed by atoms with Crippen LogP contribution in [-0.2, 0) is 6.54 Å². The molecule has 0 aliphatic rings. The van der Waals surface area contributed by atoms with Crippen LogP contribution in [0, 0.1) is 6.07 Å². The first-order valence-corrected chi connectivity index (χ1v) is 7.77. The summed E-state index contributed by atoms with van der Waals surface area (Å²) >= 11 is 5.79. The van der Waals surface area contributed by atoms with Crippen molar-refractivity contribution < 1.29 is 4.79 Å². The van der Waals surface area contributed by atoms with E-state index in [4.69, 9.17) is 17.3 Å². The topological polar surface area (TPSA) is 68.0 Å². The van der Waals surface area contributed by atoms with Gasteiger partial charge in [-0.05, 0) is 41.0 Å². The van der Waals surface area contributed by atoms with Gasteiger partial charge in [-0.2, -0.15) is 0 Å². The number of carbonyl (C=O) groups excluding carboxylic acids is 1. The summed E-state index contributed by atoms with van der Waals surface area (Å²) in [6.45, 7) is 0.505. The minimum absolute atomic E-state index is 0.273. The molecule has 5 heteroatoms. The summed E-state index contributed by atoms with van der Waals surface area (Å²) in [4.78, 5) is 16.4. The van der Waals surface area contributed by atoms with Gasteiger partial charge in [0.05, 0.1) is 5.02 Å². The van der Waals surface area contributed by atoms with E-state index in [2.05, 4.69) is 16.4 Å². The number of nitrogens with one attached hydrogen (secondary N) is 1. The van der Waals surface area contributed by atoms with Gasteiger partial charge in [0.25, 0.3) is 5.91 Å². The first-order chi connectivity index (χ1) is 11.7. The van der Waals surface area contributed by atoms with Crippen molar-refractivity contribution in [3.05, 3.63) is 83.0 Å². The molecule has 0 saturated heterocycles. The normalized spacial score (nSPS) is 10.4. The van der Waals surface area contributed by atoms with Crippen LogP contribution in [-0.4, -0.2) is 10.9 Å². The largest absolute Gasteiger partial charge is 0.326 e. The molecule has 24 heavy (non-hydrogen) atoms. The van der Waals surface area contributed by atoms with Gasteiger partial charge in [0.15, 0.2) is 0 Å². The van der Waals surface area contributed by atoms with E-state index in [1.165, 1.54) is 6.20 Å². The maximum atomic E-state index is 12.4. The smallest absolute Gasteiger partial charge is 0.257 e. The standard InChI is InChI=1S/C19H15ClN3O/c20-17-8-9-18(22-12-17)23-19(24)16-3-1-2-15(10-16)14-6-4-13(11-21)5-7-14/h1-2,4-10,12H,11,21H2,(H,22,23,24). The summed E-state index contributed by atoms with van der Waals surface area (Å²) < 4.78 is 0. The number of anilines is 1. The van der Waals surface area contributed by atoms with Crippen molar-refractivity contribution in [2.75, 3.05) is 5.32 Å². The number of amides is 1. The van der Waals surface area contributed by atoms with Gasteiger partial charge in [0, 0.05) is 18.3 Å². The average molecular weight is 337 g/mol. The fourth-order valence-corrected chi connectivity index (χ4v) is 2.36. The quantitative estimate of drug-likeness (QED) is 0.759. The molecule has 0 atom stereocenters. The van der Waals surface area contributed by atoms with E-state index in [9.17, 15) is 4.79 Å². The maximum absolute atomic E-state index is 12.4. The molecule has 0 aliphatic heterocycles. The van der Waals surface area contributed by atoms with Crippen molar-refractivity contribution in [3.8, 4) is 11.1 Å². The summed E-state index contributed by atoms with van der Waals surface area (Å²) in [5, 5.41) is 3.24. The van der Waals surface area contributed by atoms with E-state index in [0.29, 0.717) is 22.9 Å².